The molecule has 0 heterocycles. The SMILES string of the molecule is CCc1ccc(S(=O)(=O)Nc2ccc(CCc3cccc(C(=O)O)c3)cc2)cc1. The molecular weight excluding hydrogens is 386 g/mol. The van der Waals surface area contributed by atoms with E-state index in [1.165, 1.54) is 0 Å². The molecule has 150 valence electrons. The molecule has 0 saturated heterocycles. The second-order valence-corrected chi connectivity index (χ2v) is 8.49. The molecule has 0 aliphatic heterocycles. The first-order valence-electron chi connectivity index (χ1n) is 9.40. The second-order valence-electron chi connectivity index (χ2n) is 6.81. The summed E-state index contributed by atoms with van der Waals surface area (Å²) in [6, 6.07) is 21.0. The molecule has 0 aliphatic carbocycles. The molecule has 3 aromatic carbocycles. The number of benzene rings is 3. The number of aryl methyl sites for hydroxylation is 3. The van der Waals surface area contributed by atoms with Crippen LogP contribution in [0, 0.1) is 0 Å². The standard InChI is InChI=1S/C23H23NO4S/c1-2-17-10-14-22(15-11-17)29(27,28)24-21-12-8-18(9-13-21)6-7-19-4-3-5-20(16-19)23(25)26/h3-5,8-16,24H,2,6-7H2,1H3,(H,25,26). The van der Waals surface area contributed by atoms with E-state index in [2.05, 4.69) is 4.72 Å². The molecule has 0 spiro atoms. The predicted molar refractivity (Wildman–Crippen MR) is 114 cm³/mol. The molecule has 0 atom stereocenters. The van der Waals surface area contributed by atoms with Gasteiger partial charge in [0.1, 0.15) is 0 Å². The number of carboxylic acids is 1. The molecule has 0 fully saturated rings. The van der Waals surface area contributed by atoms with E-state index in [9.17, 15) is 13.2 Å². The van der Waals surface area contributed by atoms with E-state index >= 15 is 0 Å². The average molecular weight is 410 g/mol. The summed E-state index contributed by atoms with van der Waals surface area (Å²) >= 11 is 0. The van der Waals surface area contributed by atoms with Crippen molar-refractivity contribution in [2.24, 2.45) is 0 Å². The van der Waals surface area contributed by atoms with E-state index in [1.54, 1.807) is 42.5 Å². The van der Waals surface area contributed by atoms with Gasteiger partial charge < -0.3 is 5.11 Å². The number of hydrogen-bond donors (Lipinski definition) is 2. The molecule has 0 bridgehead atoms. The lowest BCUT2D eigenvalue weighted by Gasteiger charge is -2.10. The zero-order valence-electron chi connectivity index (χ0n) is 16.1. The third kappa shape index (κ3) is 5.45. The van der Waals surface area contributed by atoms with Gasteiger partial charge in [0.15, 0.2) is 0 Å². The van der Waals surface area contributed by atoms with Crippen LogP contribution in [0.15, 0.2) is 77.7 Å². The normalized spacial score (nSPS) is 11.2. The summed E-state index contributed by atoms with van der Waals surface area (Å²) in [4.78, 5) is 11.3. The monoisotopic (exact) mass is 409 g/mol. The molecule has 0 amide bonds. The summed E-state index contributed by atoms with van der Waals surface area (Å²) in [5.41, 5.74) is 3.86. The number of nitrogens with one attached hydrogen (secondary N) is 1. The topological polar surface area (TPSA) is 83.5 Å². The number of anilines is 1. The Morgan fingerprint density at radius 2 is 1.48 bits per heavy atom. The number of hydrogen-bond acceptors (Lipinski definition) is 3. The highest BCUT2D eigenvalue weighted by atomic mass is 32.2. The summed E-state index contributed by atoms with van der Waals surface area (Å²) in [6.45, 7) is 2.02. The Balaban J connectivity index is 1.63. The summed E-state index contributed by atoms with van der Waals surface area (Å²) in [5, 5.41) is 9.07. The largest absolute Gasteiger partial charge is 0.478 e. The minimum absolute atomic E-state index is 0.233. The molecule has 6 heteroatoms. The van der Waals surface area contributed by atoms with Crippen molar-refractivity contribution in [2.75, 3.05) is 4.72 Å². The summed E-state index contributed by atoms with van der Waals surface area (Å²) in [7, 11) is -3.62. The third-order valence-corrected chi connectivity index (χ3v) is 6.12. The Kier molecular flexibility index (Phi) is 6.34. The van der Waals surface area contributed by atoms with E-state index < -0.39 is 16.0 Å². The Morgan fingerprint density at radius 1 is 0.862 bits per heavy atom. The lowest BCUT2D eigenvalue weighted by molar-refractivity contribution is 0.0696. The Hall–Kier alpha value is -3.12. The van der Waals surface area contributed by atoms with Gasteiger partial charge in [-0.05, 0) is 72.4 Å². The number of carboxylic acid groups (broad SMARTS) is 1. The fraction of sp³-hybridized carbons (Fsp3) is 0.174. The Bertz CT molecular complexity index is 1090. The lowest BCUT2D eigenvalue weighted by atomic mass is 10.0. The Morgan fingerprint density at radius 3 is 2.10 bits per heavy atom. The highest BCUT2D eigenvalue weighted by Gasteiger charge is 2.14. The molecule has 2 N–H and O–H groups in total. The van der Waals surface area contributed by atoms with Crippen LogP contribution in [0.25, 0.3) is 0 Å². The number of aromatic carboxylic acids is 1. The quantitative estimate of drug-likeness (QED) is 0.572. The van der Waals surface area contributed by atoms with Gasteiger partial charge in [-0.2, -0.15) is 0 Å². The van der Waals surface area contributed by atoms with Crippen LogP contribution in [0.2, 0.25) is 0 Å². The van der Waals surface area contributed by atoms with Crippen LogP contribution in [0.3, 0.4) is 0 Å². The Labute approximate surface area is 171 Å². The minimum Gasteiger partial charge on any atom is -0.478 e. The number of rotatable bonds is 8. The summed E-state index contributed by atoms with van der Waals surface area (Å²) in [6.07, 6.45) is 2.29. The van der Waals surface area contributed by atoms with Gasteiger partial charge in [-0.1, -0.05) is 43.3 Å². The van der Waals surface area contributed by atoms with E-state index in [1.807, 2.05) is 37.3 Å². The van der Waals surface area contributed by atoms with Gasteiger partial charge >= 0.3 is 5.97 Å². The fourth-order valence-electron chi connectivity index (χ4n) is 3.01. The maximum atomic E-state index is 12.5. The van der Waals surface area contributed by atoms with E-state index in [0.29, 0.717) is 12.1 Å². The van der Waals surface area contributed by atoms with Gasteiger partial charge in [0.2, 0.25) is 0 Å². The van der Waals surface area contributed by atoms with Crippen molar-refractivity contribution in [3.05, 3.63) is 95.1 Å². The summed E-state index contributed by atoms with van der Waals surface area (Å²) < 4.78 is 27.6. The number of sulfonamides is 1. The van der Waals surface area contributed by atoms with Crippen molar-refractivity contribution >= 4 is 21.7 Å². The van der Waals surface area contributed by atoms with Gasteiger partial charge in [0.25, 0.3) is 10.0 Å². The van der Waals surface area contributed by atoms with E-state index in [0.717, 1.165) is 29.5 Å². The van der Waals surface area contributed by atoms with Crippen molar-refractivity contribution in [2.45, 2.75) is 31.1 Å². The van der Waals surface area contributed by atoms with Crippen LogP contribution in [-0.4, -0.2) is 19.5 Å². The molecular formula is C23H23NO4S. The predicted octanol–water partition coefficient (Wildman–Crippen LogP) is 4.53. The molecule has 3 aromatic rings. The van der Waals surface area contributed by atoms with Crippen molar-refractivity contribution in [1.29, 1.82) is 0 Å². The van der Waals surface area contributed by atoms with Gasteiger partial charge in [-0.15, -0.1) is 0 Å². The zero-order valence-corrected chi connectivity index (χ0v) is 16.9. The molecule has 3 rings (SSSR count). The lowest BCUT2D eigenvalue weighted by Crippen LogP contribution is -2.12. The fourth-order valence-corrected chi connectivity index (χ4v) is 4.07. The van der Waals surface area contributed by atoms with Gasteiger partial charge in [-0.25, -0.2) is 13.2 Å². The molecule has 0 saturated carbocycles. The average Bonchev–Trinajstić information content (AvgIpc) is 2.73. The first-order valence-corrected chi connectivity index (χ1v) is 10.9. The molecule has 29 heavy (non-hydrogen) atoms. The second kappa shape index (κ2) is 8.92. The maximum Gasteiger partial charge on any atom is 0.335 e. The first kappa shape index (κ1) is 20.6. The van der Waals surface area contributed by atoms with Crippen molar-refractivity contribution < 1.29 is 18.3 Å². The third-order valence-electron chi connectivity index (χ3n) is 4.72. The number of carbonyl (C=O) groups is 1. The van der Waals surface area contributed by atoms with Crippen molar-refractivity contribution in [3.63, 3.8) is 0 Å². The highest BCUT2D eigenvalue weighted by molar-refractivity contribution is 7.92. The van der Waals surface area contributed by atoms with E-state index in [4.69, 9.17) is 5.11 Å². The van der Waals surface area contributed by atoms with Crippen LogP contribution in [0.1, 0.15) is 34.0 Å². The molecule has 0 unspecified atom stereocenters. The van der Waals surface area contributed by atoms with Crippen LogP contribution in [0.5, 0.6) is 0 Å². The maximum absolute atomic E-state index is 12.5. The van der Waals surface area contributed by atoms with Crippen LogP contribution >= 0.6 is 0 Å². The summed E-state index contributed by atoms with van der Waals surface area (Å²) in [5.74, 6) is -0.937. The highest BCUT2D eigenvalue weighted by Crippen LogP contribution is 2.18. The first-order chi connectivity index (χ1) is 13.9. The molecule has 5 nitrogen and oxygen atoms in total. The molecule has 0 aliphatic rings. The van der Waals surface area contributed by atoms with Crippen LogP contribution < -0.4 is 4.72 Å². The van der Waals surface area contributed by atoms with E-state index in [-0.39, 0.29) is 10.5 Å². The van der Waals surface area contributed by atoms with Crippen LogP contribution in [-0.2, 0) is 29.3 Å². The molecule has 0 aromatic heterocycles. The van der Waals surface area contributed by atoms with Crippen LogP contribution in [0.4, 0.5) is 5.69 Å². The smallest absolute Gasteiger partial charge is 0.335 e. The van der Waals surface area contributed by atoms with Gasteiger partial charge in [0.05, 0.1) is 10.5 Å². The van der Waals surface area contributed by atoms with Crippen molar-refractivity contribution in [1.82, 2.24) is 0 Å². The zero-order chi connectivity index (χ0) is 20.9. The minimum atomic E-state index is -3.62. The van der Waals surface area contributed by atoms with Gasteiger partial charge in [-0.3, -0.25) is 4.72 Å². The molecule has 0 radical (unpaired) electrons. The van der Waals surface area contributed by atoms with Crippen molar-refractivity contribution in [3.8, 4) is 0 Å². The van der Waals surface area contributed by atoms with Gasteiger partial charge in [0, 0.05) is 5.69 Å².